The second-order valence-electron chi connectivity index (χ2n) is 4.71. The first-order valence-electron chi connectivity index (χ1n) is 6.82. The van der Waals surface area contributed by atoms with E-state index in [-0.39, 0.29) is 24.3 Å². The van der Waals surface area contributed by atoms with Crippen LogP contribution in [-0.4, -0.2) is 18.4 Å². The van der Waals surface area contributed by atoms with Crippen LogP contribution in [0.2, 0.25) is 5.02 Å². The average Bonchev–Trinajstić information content (AvgIpc) is 2.38. The first kappa shape index (κ1) is 16.5. The van der Waals surface area contributed by atoms with Gasteiger partial charge in [-0.25, -0.2) is 0 Å². The van der Waals surface area contributed by atoms with E-state index in [9.17, 15) is 9.59 Å². The van der Waals surface area contributed by atoms with Crippen molar-refractivity contribution in [3.63, 3.8) is 0 Å². The molecule has 0 heterocycles. The van der Waals surface area contributed by atoms with Gasteiger partial charge in [-0.15, -0.1) is 0 Å². The van der Waals surface area contributed by atoms with E-state index < -0.39 is 0 Å². The lowest BCUT2D eigenvalue weighted by Gasteiger charge is -2.18. The molecule has 0 unspecified atom stereocenters. The highest BCUT2D eigenvalue weighted by atomic mass is 35.5. The highest BCUT2D eigenvalue weighted by molar-refractivity contribution is 6.30. The molecule has 0 aromatic heterocycles. The van der Waals surface area contributed by atoms with Gasteiger partial charge in [0.15, 0.2) is 0 Å². The summed E-state index contributed by atoms with van der Waals surface area (Å²) in [5, 5.41) is 6.27. The van der Waals surface area contributed by atoms with Crippen LogP contribution in [-0.2, 0) is 9.59 Å². The van der Waals surface area contributed by atoms with Gasteiger partial charge in [-0.2, -0.15) is 0 Å². The fraction of sp³-hybridized carbons (Fsp3) is 0.467. The van der Waals surface area contributed by atoms with E-state index in [0.717, 1.165) is 18.4 Å². The Hall–Kier alpha value is -1.55. The zero-order valence-electron chi connectivity index (χ0n) is 11.9. The molecule has 0 aliphatic carbocycles. The van der Waals surface area contributed by atoms with E-state index >= 15 is 0 Å². The summed E-state index contributed by atoms with van der Waals surface area (Å²) in [6.45, 7) is 4.18. The fourth-order valence-corrected chi connectivity index (χ4v) is 1.98. The number of rotatable bonds is 7. The molecule has 0 bridgehead atoms. The summed E-state index contributed by atoms with van der Waals surface area (Å²) in [5.74, 6) is -0.224. The van der Waals surface area contributed by atoms with Gasteiger partial charge in [0.05, 0.1) is 12.5 Å². The number of halogens is 1. The minimum atomic E-state index is -0.327. The van der Waals surface area contributed by atoms with Crippen molar-refractivity contribution in [3.8, 4) is 0 Å². The molecular formula is C15H21ClN2O2. The lowest BCUT2D eigenvalue weighted by Crippen LogP contribution is -2.33. The summed E-state index contributed by atoms with van der Waals surface area (Å²) in [6, 6.07) is 6.82. The molecule has 5 heteroatoms. The Balaban J connectivity index is 2.67. The molecule has 0 aliphatic rings. The van der Waals surface area contributed by atoms with Crippen molar-refractivity contribution in [2.24, 2.45) is 0 Å². The summed E-state index contributed by atoms with van der Waals surface area (Å²) in [6.07, 6.45) is 2.22. The van der Waals surface area contributed by atoms with Gasteiger partial charge in [-0.1, -0.05) is 37.1 Å². The second-order valence-corrected chi connectivity index (χ2v) is 5.15. The summed E-state index contributed by atoms with van der Waals surface area (Å²) < 4.78 is 0. The maximum atomic E-state index is 11.9. The molecule has 1 aromatic rings. The molecular weight excluding hydrogens is 276 g/mol. The van der Waals surface area contributed by atoms with Crippen molar-refractivity contribution >= 4 is 23.4 Å². The standard InChI is InChI=1S/C15H21ClN2O2/c1-3-4-9-17-15(20)10-14(18-11(2)19)12-5-7-13(16)8-6-12/h5-8,14H,3-4,9-10H2,1-2H3,(H,17,20)(H,18,19)/t14-/m0/s1. The highest BCUT2D eigenvalue weighted by Crippen LogP contribution is 2.19. The van der Waals surface area contributed by atoms with Crippen LogP contribution >= 0.6 is 11.6 Å². The van der Waals surface area contributed by atoms with Gasteiger partial charge in [-0.3, -0.25) is 9.59 Å². The molecule has 2 N–H and O–H groups in total. The molecule has 0 radical (unpaired) electrons. The topological polar surface area (TPSA) is 58.2 Å². The van der Waals surface area contributed by atoms with Crippen molar-refractivity contribution in [3.05, 3.63) is 34.9 Å². The van der Waals surface area contributed by atoms with Gasteiger partial charge < -0.3 is 10.6 Å². The Morgan fingerprint density at radius 3 is 2.45 bits per heavy atom. The lowest BCUT2D eigenvalue weighted by atomic mass is 10.0. The minimum absolute atomic E-state index is 0.0628. The van der Waals surface area contributed by atoms with Gasteiger partial charge in [0.2, 0.25) is 11.8 Å². The highest BCUT2D eigenvalue weighted by Gasteiger charge is 2.16. The number of unbranched alkanes of at least 4 members (excludes halogenated alkanes) is 1. The molecule has 110 valence electrons. The van der Waals surface area contributed by atoms with Crippen LogP contribution in [0.4, 0.5) is 0 Å². The van der Waals surface area contributed by atoms with Crippen molar-refractivity contribution in [2.45, 2.75) is 39.2 Å². The molecule has 0 saturated carbocycles. The molecule has 4 nitrogen and oxygen atoms in total. The van der Waals surface area contributed by atoms with Crippen LogP contribution in [0.3, 0.4) is 0 Å². The molecule has 0 saturated heterocycles. The monoisotopic (exact) mass is 296 g/mol. The van der Waals surface area contributed by atoms with Crippen molar-refractivity contribution in [2.75, 3.05) is 6.54 Å². The zero-order chi connectivity index (χ0) is 15.0. The molecule has 0 fully saturated rings. The molecule has 0 aliphatic heterocycles. The third-order valence-corrected chi connectivity index (χ3v) is 3.14. The maximum absolute atomic E-state index is 11.9. The minimum Gasteiger partial charge on any atom is -0.356 e. The summed E-state index contributed by atoms with van der Waals surface area (Å²) in [5.41, 5.74) is 0.871. The third kappa shape index (κ3) is 6.06. The maximum Gasteiger partial charge on any atom is 0.222 e. The first-order chi connectivity index (χ1) is 9.52. The molecule has 0 spiro atoms. The summed E-state index contributed by atoms with van der Waals surface area (Å²) >= 11 is 5.85. The summed E-state index contributed by atoms with van der Waals surface area (Å²) in [4.78, 5) is 23.1. The fourth-order valence-electron chi connectivity index (χ4n) is 1.85. The number of hydrogen-bond donors (Lipinski definition) is 2. The normalized spacial score (nSPS) is 11.8. The Kier molecular flexibility index (Phi) is 7.09. The smallest absolute Gasteiger partial charge is 0.222 e. The van der Waals surface area contributed by atoms with Crippen LogP contribution < -0.4 is 10.6 Å². The van der Waals surface area contributed by atoms with Gasteiger partial charge in [0.1, 0.15) is 0 Å². The van der Waals surface area contributed by atoms with Gasteiger partial charge >= 0.3 is 0 Å². The van der Waals surface area contributed by atoms with E-state index in [2.05, 4.69) is 17.6 Å². The van der Waals surface area contributed by atoms with Gasteiger partial charge in [-0.05, 0) is 24.1 Å². The van der Waals surface area contributed by atoms with Crippen LogP contribution in [0.5, 0.6) is 0 Å². The predicted octanol–water partition coefficient (Wildman–Crippen LogP) is 2.82. The molecule has 1 aromatic carbocycles. The van der Waals surface area contributed by atoms with Crippen LogP contribution in [0.25, 0.3) is 0 Å². The third-order valence-electron chi connectivity index (χ3n) is 2.89. The number of benzene rings is 1. The molecule has 20 heavy (non-hydrogen) atoms. The molecule has 2 amide bonds. The Morgan fingerprint density at radius 1 is 1.25 bits per heavy atom. The van der Waals surface area contributed by atoms with Crippen molar-refractivity contribution in [1.29, 1.82) is 0 Å². The average molecular weight is 297 g/mol. The van der Waals surface area contributed by atoms with E-state index in [1.54, 1.807) is 12.1 Å². The molecule has 1 atom stereocenters. The second kappa shape index (κ2) is 8.59. The van der Waals surface area contributed by atoms with Gasteiger partial charge in [0.25, 0.3) is 0 Å². The summed E-state index contributed by atoms with van der Waals surface area (Å²) in [7, 11) is 0. The number of amides is 2. The Labute approximate surface area is 124 Å². The quantitative estimate of drug-likeness (QED) is 0.760. The number of carbonyl (C=O) groups excluding carboxylic acids is 2. The number of nitrogens with one attached hydrogen (secondary N) is 2. The Bertz CT molecular complexity index is 446. The van der Waals surface area contributed by atoms with Gasteiger partial charge in [0, 0.05) is 18.5 Å². The van der Waals surface area contributed by atoms with Crippen LogP contribution in [0.1, 0.15) is 44.7 Å². The number of carbonyl (C=O) groups is 2. The van der Waals surface area contributed by atoms with E-state index in [1.165, 1.54) is 6.92 Å². The largest absolute Gasteiger partial charge is 0.356 e. The predicted molar refractivity (Wildman–Crippen MR) is 80.5 cm³/mol. The molecule has 1 rings (SSSR count). The van der Waals surface area contributed by atoms with Crippen molar-refractivity contribution in [1.82, 2.24) is 10.6 Å². The lowest BCUT2D eigenvalue weighted by molar-refractivity contribution is -0.122. The van der Waals surface area contributed by atoms with E-state index in [4.69, 9.17) is 11.6 Å². The number of hydrogen-bond acceptors (Lipinski definition) is 2. The zero-order valence-corrected chi connectivity index (χ0v) is 12.7. The van der Waals surface area contributed by atoms with Crippen LogP contribution in [0, 0.1) is 0 Å². The first-order valence-corrected chi connectivity index (χ1v) is 7.20. The van der Waals surface area contributed by atoms with E-state index in [1.807, 2.05) is 12.1 Å². The van der Waals surface area contributed by atoms with Crippen molar-refractivity contribution < 1.29 is 9.59 Å². The Morgan fingerprint density at radius 2 is 1.90 bits per heavy atom. The van der Waals surface area contributed by atoms with Crippen LogP contribution in [0.15, 0.2) is 24.3 Å². The van der Waals surface area contributed by atoms with E-state index in [0.29, 0.717) is 11.6 Å². The SMILES string of the molecule is CCCCNC(=O)C[C@H](NC(C)=O)c1ccc(Cl)cc1.